The predicted molar refractivity (Wildman–Crippen MR) is 89.6 cm³/mol. The first-order valence-electron chi connectivity index (χ1n) is 8.09. The van der Waals surface area contributed by atoms with Crippen LogP contribution in [0.25, 0.3) is 0 Å². The van der Waals surface area contributed by atoms with Gasteiger partial charge in [0.2, 0.25) is 0 Å². The van der Waals surface area contributed by atoms with Gasteiger partial charge in [0.1, 0.15) is 5.75 Å². The summed E-state index contributed by atoms with van der Waals surface area (Å²) in [4.78, 5) is 18.7. The summed E-state index contributed by atoms with van der Waals surface area (Å²) in [7, 11) is 1.60. The van der Waals surface area contributed by atoms with Gasteiger partial charge < -0.3 is 9.64 Å². The third kappa shape index (κ3) is 3.70. The number of pyridine rings is 1. The van der Waals surface area contributed by atoms with E-state index >= 15 is 0 Å². The van der Waals surface area contributed by atoms with Gasteiger partial charge in [-0.15, -0.1) is 0 Å². The van der Waals surface area contributed by atoms with Crippen molar-refractivity contribution in [2.45, 2.75) is 19.3 Å². The Morgan fingerprint density at radius 1 is 1.17 bits per heavy atom. The lowest BCUT2D eigenvalue weighted by Crippen LogP contribution is -2.39. The van der Waals surface area contributed by atoms with Gasteiger partial charge in [0.15, 0.2) is 0 Å². The lowest BCUT2D eigenvalue weighted by Gasteiger charge is -2.32. The molecule has 2 heterocycles. The average molecular weight is 310 g/mol. The molecule has 1 fully saturated rings. The summed E-state index contributed by atoms with van der Waals surface area (Å²) in [6.45, 7) is 1.62. The molecule has 1 amide bonds. The number of likely N-dealkylation sites (tertiary alicyclic amines) is 1. The first-order valence-corrected chi connectivity index (χ1v) is 8.09. The van der Waals surface area contributed by atoms with Crippen LogP contribution in [-0.4, -0.2) is 36.0 Å². The van der Waals surface area contributed by atoms with Crippen molar-refractivity contribution >= 4 is 5.91 Å². The molecular formula is C19H22N2O2. The zero-order valence-electron chi connectivity index (χ0n) is 13.4. The van der Waals surface area contributed by atoms with E-state index in [1.54, 1.807) is 7.11 Å². The number of carbonyl (C=O) groups excluding carboxylic acids is 1. The second-order valence-electron chi connectivity index (χ2n) is 6.00. The molecule has 3 rings (SSSR count). The number of amides is 1. The molecule has 1 aliphatic rings. The third-order valence-electron chi connectivity index (χ3n) is 4.51. The Labute approximate surface area is 137 Å². The molecule has 0 N–H and O–H groups in total. The van der Waals surface area contributed by atoms with Gasteiger partial charge >= 0.3 is 0 Å². The van der Waals surface area contributed by atoms with Gasteiger partial charge in [0, 0.05) is 25.5 Å². The summed E-state index contributed by atoms with van der Waals surface area (Å²) < 4.78 is 5.30. The standard InChI is InChI=1S/C19H22N2O2/c1-23-18-5-3-2-4-17(18)19(22)21-12-8-16(9-13-21)14-15-6-10-20-11-7-15/h2-7,10-11,16H,8-9,12-14H2,1H3. The molecule has 0 bridgehead atoms. The molecule has 1 saturated heterocycles. The van der Waals surface area contributed by atoms with E-state index in [-0.39, 0.29) is 5.91 Å². The van der Waals surface area contributed by atoms with Crippen LogP contribution in [0.15, 0.2) is 48.8 Å². The van der Waals surface area contributed by atoms with Crippen LogP contribution in [0.4, 0.5) is 0 Å². The highest BCUT2D eigenvalue weighted by Gasteiger charge is 2.25. The van der Waals surface area contributed by atoms with Crippen LogP contribution >= 0.6 is 0 Å². The van der Waals surface area contributed by atoms with Crippen molar-refractivity contribution in [2.24, 2.45) is 5.92 Å². The summed E-state index contributed by atoms with van der Waals surface area (Å²) in [6.07, 6.45) is 6.84. The molecule has 0 aliphatic carbocycles. The van der Waals surface area contributed by atoms with Crippen LogP contribution in [0, 0.1) is 5.92 Å². The monoisotopic (exact) mass is 310 g/mol. The molecule has 0 unspecified atom stereocenters. The number of nitrogens with zero attached hydrogens (tertiary/aromatic N) is 2. The fraction of sp³-hybridized carbons (Fsp3) is 0.368. The van der Waals surface area contributed by atoms with Gasteiger partial charge in [-0.3, -0.25) is 9.78 Å². The minimum absolute atomic E-state index is 0.0739. The van der Waals surface area contributed by atoms with Gasteiger partial charge in [0.25, 0.3) is 5.91 Å². The summed E-state index contributed by atoms with van der Waals surface area (Å²) in [6, 6.07) is 11.6. The van der Waals surface area contributed by atoms with Gasteiger partial charge in [0.05, 0.1) is 12.7 Å². The number of hydrogen-bond acceptors (Lipinski definition) is 3. The van der Waals surface area contributed by atoms with E-state index in [0.717, 1.165) is 32.4 Å². The average Bonchev–Trinajstić information content (AvgIpc) is 2.62. The van der Waals surface area contributed by atoms with Crippen LogP contribution in [-0.2, 0) is 6.42 Å². The number of para-hydroxylation sites is 1. The predicted octanol–water partition coefficient (Wildman–Crippen LogP) is 3.19. The largest absolute Gasteiger partial charge is 0.496 e. The maximum Gasteiger partial charge on any atom is 0.257 e. The molecule has 0 radical (unpaired) electrons. The topological polar surface area (TPSA) is 42.4 Å². The molecule has 0 spiro atoms. The van der Waals surface area contributed by atoms with Crippen LogP contribution < -0.4 is 4.74 Å². The van der Waals surface area contributed by atoms with Gasteiger partial charge in [-0.2, -0.15) is 0 Å². The molecule has 1 aliphatic heterocycles. The summed E-state index contributed by atoms with van der Waals surface area (Å²) in [5.74, 6) is 1.36. The number of aromatic nitrogens is 1. The van der Waals surface area contributed by atoms with E-state index in [1.165, 1.54) is 5.56 Å². The zero-order valence-corrected chi connectivity index (χ0v) is 13.4. The van der Waals surface area contributed by atoms with Crippen molar-refractivity contribution in [2.75, 3.05) is 20.2 Å². The molecule has 23 heavy (non-hydrogen) atoms. The Morgan fingerprint density at radius 2 is 1.87 bits per heavy atom. The van der Waals surface area contributed by atoms with Crippen LogP contribution in [0.3, 0.4) is 0 Å². The minimum atomic E-state index is 0.0739. The van der Waals surface area contributed by atoms with Crippen molar-refractivity contribution in [1.29, 1.82) is 0 Å². The summed E-state index contributed by atoms with van der Waals surface area (Å²) in [5.41, 5.74) is 1.98. The summed E-state index contributed by atoms with van der Waals surface area (Å²) >= 11 is 0. The number of hydrogen-bond donors (Lipinski definition) is 0. The van der Waals surface area contributed by atoms with Gasteiger partial charge in [-0.25, -0.2) is 0 Å². The highest BCUT2D eigenvalue weighted by molar-refractivity contribution is 5.97. The van der Waals surface area contributed by atoms with Crippen LogP contribution in [0.2, 0.25) is 0 Å². The number of rotatable bonds is 4. The van der Waals surface area contributed by atoms with E-state index in [9.17, 15) is 4.79 Å². The second-order valence-corrected chi connectivity index (χ2v) is 6.00. The van der Waals surface area contributed by atoms with E-state index in [1.807, 2.05) is 41.6 Å². The maximum absolute atomic E-state index is 12.7. The fourth-order valence-corrected chi connectivity index (χ4v) is 3.18. The summed E-state index contributed by atoms with van der Waals surface area (Å²) in [5, 5.41) is 0. The normalized spacial score (nSPS) is 15.4. The molecule has 1 aromatic heterocycles. The Morgan fingerprint density at radius 3 is 2.57 bits per heavy atom. The highest BCUT2D eigenvalue weighted by Crippen LogP contribution is 2.25. The van der Waals surface area contributed by atoms with E-state index in [0.29, 0.717) is 17.2 Å². The molecule has 4 nitrogen and oxygen atoms in total. The molecule has 0 atom stereocenters. The number of carbonyl (C=O) groups is 1. The molecule has 4 heteroatoms. The lowest BCUT2D eigenvalue weighted by atomic mass is 9.90. The van der Waals surface area contributed by atoms with Crippen molar-refractivity contribution in [3.05, 3.63) is 59.9 Å². The van der Waals surface area contributed by atoms with Crippen LogP contribution in [0.1, 0.15) is 28.8 Å². The first kappa shape index (κ1) is 15.5. The Hall–Kier alpha value is -2.36. The molecular weight excluding hydrogens is 288 g/mol. The first-order chi connectivity index (χ1) is 11.3. The van der Waals surface area contributed by atoms with Gasteiger partial charge in [-0.1, -0.05) is 12.1 Å². The SMILES string of the molecule is COc1ccccc1C(=O)N1CCC(Cc2ccncc2)CC1. The van der Waals surface area contributed by atoms with Crippen molar-refractivity contribution in [3.63, 3.8) is 0 Å². The Kier molecular flexibility index (Phi) is 4.91. The molecule has 1 aromatic carbocycles. The second kappa shape index (κ2) is 7.27. The van der Waals surface area contributed by atoms with E-state index in [4.69, 9.17) is 4.74 Å². The third-order valence-corrected chi connectivity index (χ3v) is 4.51. The highest BCUT2D eigenvalue weighted by atomic mass is 16.5. The van der Waals surface area contributed by atoms with E-state index in [2.05, 4.69) is 17.1 Å². The smallest absolute Gasteiger partial charge is 0.257 e. The van der Waals surface area contributed by atoms with E-state index < -0.39 is 0 Å². The van der Waals surface area contributed by atoms with Crippen LogP contribution in [0.5, 0.6) is 5.75 Å². The Bertz CT molecular complexity index is 649. The number of methoxy groups -OCH3 is 1. The zero-order chi connectivity index (χ0) is 16.1. The molecule has 120 valence electrons. The fourth-order valence-electron chi connectivity index (χ4n) is 3.18. The van der Waals surface area contributed by atoms with Gasteiger partial charge in [-0.05, 0) is 55.0 Å². The molecule has 2 aromatic rings. The van der Waals surface area contributed by atoms with Crippen molar-refractivity contribution in [3.8, 4) is 5.75 Å². The molecule has 0 saturated carbocycles. The quantitative estimate of drug-likeness (QED) is 0.871. The minimum Gasteiger partial charge on any atom is -0.496 e. The van der Waals surface area contributed by atoms with Crippen molar-refractivity contribution < 1.29 is 9.53 Å². The number of benzene rings is 1. The van der Waals surface area contributed by atoms with Crippen molar-refractivity contribution in [1.82, 2.24) is 9.88 Å². The Balaban J connectivity index is 1.59. The lowest BCUT2D eigenvalue weighted by molar-refractivity contribution is 0.0687. The number of ether oxygens (including phenoxy) is 1. The maximum atomic E-state index is 12.7. The number of piperidine rings is 1.